The summed E-state index contributed by atoms with van der Waals surface area (Å²) in [6, 6.07) is 21.8. The molecule has 3 aromatic rings. The summed E-state index contributed by atoms with van der Waals surface area (Å²) in [4.78, 5) is 19.6. The molecular weight excluding hydrogens is 538 g/mol. The lowest BCUT2D eigenvalue weighted by atomic mass is 10.2. The van der Waals surface area contributed by atoms with E-state index >= 15 is 0 Å². The summed E-state index contributed by atoms with van der Waals surface area (Å²) in [7, 11) is 0. The van der Waals surface area contributed by atoms with Crippen LogP contribution in [0, 0.1) is 9.39 Å². The molecule has 0 radical (unpaired) electrons. The normalized spacial score (nSPS) is 16.2. The van der Waals surface area contributed by atoms with Gasteiger partial charge in [0.1, 0.15) is 18.2 Å². The van der Waals surface area contributed by atoms with Crippen molar-refractivity contribution in [3.8, 4) is 5.75 Å². The third-order valence-corrected chi connectivity index (χ3v) is 6.48. The number of rotatable bonds is 6. The maximum absolute atomic E-state index is 13.2. The minimum Gasteiger partial charge on any atom is -0.489 e. The van der Waals surface area contributed by atoms with Gasteiger partial charge in [0.2, 0.25) is 0 Å². The molecule has 0 saturated carbocycles. The van der Waals surface area contributed by atoms with Gasteiger partial charge >= 0.3 is 0 Å². The number of halogens is 2. The van der Waals surface area contributed by atoms with Gasteiger partial charge in [0.15, 0.2) is 5.17 Å². The molecule has 4 rings (SSSR count). The quantitative estimate of drug-likeness (QED) is 0.252. The van der Waals surface area contributed by atoms with Crippen molar-refractivity contribution in [2.75, 3.05) is 6.54 Å². The Morgan fingerprint density at radius 1 is 1.03 bits per heavy atom. The standard InChI is InChI=1S/C25H20FIN2O2S/c1-2-29-24(30)23(32-25(29)28-21-11-7-19(26)8-12-21)15-17-5-13-22(14-6-17)31-16-18-3-9-20(27)10-4-18/h3-15H,2,16H2,1H3/b23-15+,28-25?. The molecule has 1 aliphatic heterocycles. The van der Waals surface area contributed by atoms with Gasteiger partial charge in [0.25, 0.3) is 5.91 Å². The van der Waals surface area contributed by atoms with E-state index in [9.17, 15) is 9.18 Å². The molecular formula is C25H20FIN2O2S. The van der Waals surface area contributed by atoms with Gasteiger partial charge in [-0.05, 0) is 107 Å². The fourth-order valence-corrected chi connectivity index (χ4v) is 4.48. The first-order chi connectivity index (χ1) is 15.5. The van der Waals surface area contributed by atoms with Crippen molar-refractivity contribution in [3.05, 3.63) is 98.2 Å². The van der Waals surface area contributed by atoms with Gasteiger partial charge in [-0.25, -0.2) is 9.38 Å². The Balaban J connectivity index is 1.46. The second-order valence-corrected chi connectivity index (χ2v) is 9.27. The van der Waals surface area contributed by atoms with Gasteiger partial charge in [-0.3, -0.25) is 9.69 Å². The molecule has 1 amide bonds. The lowest BCUT2D eigenvalue weighted by Crippen LogP contribution is -2.28. The summed E-state index contributed by atoms with van der Waals surface area (Å²) in [5, 5.41) is 0.591. The van der Waals surface area contributed by atoms with Crippen molar-refractivity contribution < 1.29 is 13.9 Å². The monoisotopic (exact) mass is 558 g/mol. The highest BCUT2D eigenvalue weighted by Gasteiger charge is 2.32. The summed E-state index contributed by atoms with van der Waals surface area (Å²) in [6.07, 6.45) is 1.85. The summed E-state index contributed by atoms with van der Waals surface area (Å²) < 4.78 is 20.2. The minimum absolute atomic E-state index is 0.0857. The molecule has 0 spiro atoms. The molecule has 0 unspecified atom stereocenters. The van der Waals surface area contributed by atoms with Crippen molar-refractivity contribution in [3.63, 3.8) is 0 Å². The van der Waals surface area contributed by atoms with Crippen molar-refractivity contribution in [2.24, 2.45) is 4.99 Å². The number of hydrogen-bond acceptors (Lipinski definition) is 4. The first-order valence-electron chi connectivity index (χ1n) is 10.0. The third kappa shape index (κ3) is 5.58. The van der Waals surface area contributed by atoms with E-state index in [0.717, 1.165) is 16.9 Å². The Kier molecular flexibility index (Phi) is 7.26. The van der Waals surface area contributed by atoms with Crippen LogP contribution in [-0.2, 0) is 11.4 Å². The molecule has 0 N–H and O–H groups in total. The third-order valence-electron chi connectivity index (χ3n) is 4.75. The molecule has 3 aromatic carbocycles. The number of aliphatic imine (C=N–C) groups is 1. The van der Waals surface area contributed by atoms with Crippen LogP contribution in [0.2, 0.25) is 0 Å². The first kappa shape index (κ1) is 22.5. The number of thioether (sulfide) groups is 1. The topological polar surface area (TPSA) is 41.9 Å². The molecule has 1 saturated heterocycles. The van der Waals surface area contributed by atoms with Gasteiger partial charge < -0.3 is 4.74 Å². The van der Waals surface area contributed by atoms with Gasteiger partial charge in [0, 0.05) is 10.1 Å². The number of carbonyl (C=O) groups excluding carboxylic acids is 1. The van der Waals surface area contributed by atoms with Crippen LogP contribution in [0.5, 0.6) is 5.75 Å². The molecule has 7 heteroatoms. The molecule has 1 heterocycles. The maximum atomic E-state index is 13.2. The Morgan fingerprint density at radius 3 is 2.38 bits per heavy atom. The molecule has 0 atom stereocenters. The Labute approximate surface area is 204 Å². The number of hydrogen-bond donors (Lipinski definition) is 0. The number of nitrogens with zero attached hydrogens (tertiary/aromatic N) is 2. The summed E-state index contributed by atoms with van der Waals surface area (Å²) in [5.74, 6) is 0.366. The number of carbonyl (C=O) groups is 1. The summed E-state index contributed by atoms with van der Waals surface area (Å²) >= 11 is 3.60. The highest BCUT2D eigenvalue weighted by Crippen LogP contribution is 2.34. The smallest absolute Gasteiger partial charge is 0.266 e. The van der Waals surface area contributed by atoms with E-state index in [4.69, 9.17) is 4.74 Å². The first-order valence-corrected chi connectivity index (χ1v) is 11.9. The largest absolute Gasteiger partial charge is 0.489 e. The van der Waals surface area contributed by atoms with Crippen LogP contribution in [0.3, 0.4) is 0 Å². The number of ether oxygens (including phenoxy) is 1. The van der Waals surface area contributed by atoms with Crippen LogP contribution in [0.15, 0.2) is 82.7 Å². The second-order valence-electron chi connectivity index (χ2n) is 7.02. The fraction of sp³-hybridized carbons (Fsp3) is 0.120. The zero-order chi connectivity index (χ0) is 22.5. The Bertz CT molecular complexity index is 1160. The van der Waals surface area contributed by atoms with E-state index < -0.39 is 0 Å². The summed E-state index contributed by atoms with van der Waals surface area (Å²) in [6.45, 7) is 2.91. The van der Waals surface area contributed by atoms with E-state index in [1.807, 2.05) is 49.4 Å². The number of likely N-dealkylation sites (N-methyl/N-ethyl adjacent to an activating group) is 1. The summed E-state index contributed by atoms with van der Waals surface area (Å²) in [5.41, 5.74) is 2.62. The van der Waals surface area contributed by atoms with E-state index in [0.29, 0.717) is 28.9 Å². The zero-order valence-electron chi connectivity index (χ0n) is 17.3. The van der Waals surface area contributed by atoms with Crippen molar-refractivity contribution in [1.82, 2.24) is 4.90 Å². The van der Waals surface area contributed by atoms with Gasteiger partial charge in [-0.15, -0.1) is 0 Å². The lowest BCUT2D eigenvalue weighted by Gasteiger charge is -2.11. The Morgan fingerprint density at radius 2 is 1.72 bits per heavy atom. The van der Waals surface area contributed by atoms with Crippen molar-refractivity contribution in [1.29, 1.82) is 0 Å². The van der Waals surface area contributed by atoms with Gasteiger partial charge in [-0.1, -0.05) is 24.3 Å². The van der Waals surface area contributed by atoms with E-state index in [2.05, 4.69) is 39.7 Å². The average Bonchev–Trinajstić information content (AvgIpc) is 3.09. The predicted octanol–water partition coefficient (Wildman–Crippen LogP) is 6.63. The van der Waals surface area contributed by atoms with Gasteiger partial charge in [-0.2, -0.15) is 0 Å². The number of benzene rings is 3. The highest BCUT2D eigenvalue weighted by atomic mass is 127. The highest BCUT2D eigenvalue weighted by molar-refractivity contribution is 14.1. The molecule has 1 fully saturated rings. The molecule has 0 aromatic heterocycles. The molecule has 0 aliphatic carbocycles. The SMILES string of the molecule is CCN1C(=O)/C(=C\c2ccc(OCc3ccc(I)cc3)cc2)SC1=Nc1ccc(F)cc1. The molecule has 32 heavy (non-hydrogen) atoms. The fourth-order valence-electron chi connectivity index (χ4n) is 3.06. The van der Waals surface area contributed by atoms with E-state index in [1.165, 1.54) is 27.5 Å². The van der Waals surface area contributed by atoms with Crippen molar-refractivity contribution >= 4 is 57.2 Å². The van der Waals surface area contributed by atoms with Gasteiger partial charge in [0.05, 0.1) is 10.6 Å². The van der Waals surface area contributed by atoms with Crippen LogP contribution in [0.1, 0.15) is 18.1 Å². The van der Waals surface area contributed by atoms with Crippen LogP contribution >= 0.6 is 34.4 Å². The Hall–Kier alpha value is -2.65. The lowest BCUT2D eigenvalue weighted by molar-refractivity contribution is -0.122. The molecule has 0 bridgehead atoms. The zero-order valence-corrected chi connectivity index (χ0v) is 20.3. The van der Waals surface area contributed by atoms with E-state index in [-0.39, 0.29) is 11.7 Å². The van der Waals surface area contributed by atoms with Crippen LogP contribution in [0.25, 0.3) is 6.08 Å². The average molecular weight is 558 g/mol. The van der Waals surface area contributed by atoms with Crippen LogP contribution in [-0.4, -0.2) is 22.5 Å². The minimum atomic E-state index is -0.317. The van der Waals surface area contributed by atoms with Crippen molar-refractivity contribution in [2.45, 2.75) is 13.5 Å². The number of amidine groups is 1. The van der Waals surface area contributed by atoms with Crippen LogP contribution in [0.4, 0.5) is 10.1 Å². The second kappa shape index (κ2) is 10.3. The molecule has 4 nitrogen and oxygen atoms in total. The maximum Gasteiger partial charge on any atom is 0.266 e. The number of amides is 1. The molecule has 162 valence electrons. The predicted molar refractivity (Wildman–Crippen MR) is 136 cm³/mol. The van der Waals surface area contributed by atoms with E-state index in [1.54, 1.807) is 17.0 Å². The molecule has 1 aliphatic rings. The van der Waals surface area contributed by atoms with Crippen LogP contribution < -0.4 is 4.74 Å².